The summed E-state index contributed by atoms with van der Waals surface area (Å²) in [5, 5.41) is 15.9. The molecule has 0 aromatic carbocycles. The number of rotatable bonds is 4. The molecule has 0 atom stereocenters. The first-order chi connectivity index (χ1) is 10.2. The first kappa shape index (κ1) is 13.0. The van der Waals surface area contributed by atoms with Crippen molar-refractivity contribution in [2.75, 3.05) is 0 Å². The molecule has 3 heterocycles. The summed E-state index contributed by atoms with van der Waals surface area (Å²) >= 11 is 0. The number of carbonyl (C=O) groups excluding carboxylic acids is 1. The van der Waals surface area contributed by atoms with Crippen molar-refractivity contribution in [1.29, 1.82) is 0 Å². The van der Waals surface area contributed by atoms with E-state index in [1.54, 1.807) is 36.4 Å². The molecule has 0 bridgehead atoms. The van der Waals surface area contributed by atoms with E-state index in [4.69, 9.17) is 0 Å². The van der Waals surface area contributed by atoms with Gasteiger partial charge in [0.2, 0.25) is 0 Å². The van der Waals surface area contributed by atoms with Crippen LogP contribution in [0.25, 0.3) is 22.8 Å². The molecule has 0 aliphatic carbocycles. The third-order valence-corrected chi connectivity index (χ3v) is 3.21. The summed E-state index contributed by atoms with van der Waals surface area (Å²) < 4.78 is 1.54. The van der Waals surface area contributed by atoms with Gasteiger partial charge in [-0.1, -0.05) is 6.92 Å². The van der Waals surface area contributed by atoms with Crippen LogP contribution in [0.15, 0.2) is 36.7 Å². The molecule has 1 N–H and O–H groups in total. The van der Waals surface area contributed by atoms with Crippen molar-refractivity contribution < 1.29 is 9.90 Å². The summed E-state index contributed by atoms with van der Waals surface area (Å²) in [6, 6.07) is 1.83. The molecule has 3 aromatic heterocycles. The number of nitrogens with one attached hydrogen (secondary N) is 1. The molecule has 0 saturated carbocycles. The summed E-state index contributed by atoms with van der Waals surface area (Å²) in [5.41, 5.74) is 1.84. The van der Waals surface area contributed by atoms with E-state index in [0.29, 0.717) is 12.2 Å². The highest BCUT2D eigenvalue weighted by molar-refractivity contribution is 5.96. The van der Waals surface area contributed by atoms with Crippen LogP contribution in [0, 0.1) is 0 Å². The zero-order chi connectivity index (χ0) is 14.8. The number of aliphatic carboxylic acids is 1. The van der Waals surface area contributed by atoms with Crippen LogP contribution in [-0.2, 0) is 4.79 Å². The summed E-state index contributed by atoms with van der Waals surface area (Å²) in [5.74, 6) is -0.543. The van der Waals surface area contributed by atoms with Gasteiger partial charge in [-0.25, -0.2) is 14.6 Å². The standard InChI is InChI=1S/C14H13N5O2/c1-2-9(14(20)21)3-10-5-16-12-6-17-13(4-11(10)12)19-8-15-7-18-19/h3-8,16H,2H2,1H3,(H,20,21)/p-1/b9-3+. The van der Waals surface area contributed by atoms with Crippen LogP contribution in [-0.4, -0.2) is 30.7 Å². The molecule has 0 aliphatic rings. The van der Waals surface area contributed by atoms with Gasteiger partial charge in [0, 0.05) is 17.1 Å². The lowest BCUT2D eigenvalue weighted by molar-refractivity contribution is -0.299. The molecule has 0 amide bonds. The lowest BCUT2D eigenvalue weighted by Gasteiger charge is -2.05. The maximum Gasteiger partial charge on any atom is 0.155 e. The van der Waals surface area contributed by atoms with Crippen LogP contribution in [0.5, 0.6) is 0 Å². The second kappa shape index (κ2) is 5.20. The second-order valence-corrected chi connectivity index (χ2v) is 4.48. The topological polar surface area (TPSA) is 99.5 Å². The van der Waals surface area contributed by atoms with E-state index in [2.05, 4.69) is 20.1 Å². The number of aromatic nitrogens is 5. The second-order valence-electron chi connectivity index (χ2n) is 4.48. The van der Waals surface area contributed by atoms with Crippen LogP contribution in [0.3, 0.4) is 0 Å². The Morgan fingerprint density at radius 2 is 2.38 bits per heavy atom. The number of nitrogens with zero attached hydrogens (tertiary/aromatic N) is 4. The van der Waals surface area contributed by atoms with E-state index >= 15 is 0 Å². The van der Waals surface area contributed by atoms with Crippen molar-refractivity contribution in [3.63, 3.8) is 0 Å². The molecule has 7 heteroatoms. The molecule has 0 spiro atoms. The third-order valence-electron chi connectivity index (χ3n) is 3.21. The van der Waals surface area contributed by atoms with E-state index in [0.717, 1.165) is 16.5 Å². The Balaban J connectivity index is 2.12. The molecule has 0 saturated heterocycles. The van der Waals surface area contributed by atoms with Crippen molar-refractivity contribution in [2.45, 2.75) is 13.3 Å². The molecule has 3 aromatic rings. The molecule has 0 radical (unpaired) electrons. The number of hydrogen-bond acceptors (Lipinski definition) is 5. The van der Waals surface area contributed by atoms with Crippen molar-refractivity contribution in [3.8, 4) is 5.82 Å². The highest BCUT2D eigenvalue weighted by Crippen LogP contribution is 2.22. The molecule has 0 unspecified atom stereocenters. The molecular weight excluding hydrogens is 270 g/mol. The van der Waals surface area contributed by atoms with Crippen LogP contribution < -0.4 is 5.11 Å². The average molecular weight is 282 g/mol. The van der Waals surface area contributed by atoms with Crippen LogP contribution in [0.1, 0.15) is 18.9 Å². The maximum absolute atomic E-state index is 11.0. The number of hydrogen-bond donors (Lipinski definition) is 1. The van der Waals surface area contributed by atoms with Crippen molar-refractivity contribution in [1.82, 2.24) is 24.7 Å². The summed E-state index contributed by atoms with van der Waals surface area (Å²) in [6.45, 7) is 1.78. The molecule has 0 fully saturated rings. The Hall–Kier alpha value is -2.96. The molecule has 21 heavy (non-hydrogen) atoms. The lowest BCUT2D eigenvalue weighted by atomic mass is 10.1. The number of H-pyrrole nitrogens is 1. The summed E-state index contributed by atoms with van der Waals surface area (Å²) in [7, 11) is 0. The minimum atomic E-state index is -1.16. The van der Waals surface area contributed by atoms with Crippen molar-refractivity contribution in [3.05, 3.63) is 42.3 Å². The highest BCUT2D eigenvalue weighted by Gasteiger charge is 2.07. The van der Waals surface area contributed by atoms with Crippen molar-refractivity contribution in [2.24, 2.45) is 0 Å². The predicted octanol–water partition coefficient (Wildman–Crippen LogP) is 0.687. The lowest BCUT2D eigenvalue weighted by Crippen LogP contribution is -2.23. The minimum absolute atomic E-state index is 0.245. The Kier molecular flexibility index (Phi) is 3.23. The first-order valence-corrected chi connectivity index (χ1v) is 6.43. The number of fused-ring (bicyclic) bond motifs is 1. The smallest absolute Gasteiger partial charge is 0.155 e. The number of carboxylic acids is 1. The average Bonchev–Trinajstić information content (AvgIpc) is 3.13. The first-order valence-electron chi connectivity index (χ1n) is 6.43. The Morgan fingerprint density at radius 1 is 1.52 bits per heavy atom. The van der Waals surface area contributed by atoms with E-state index in [-0.39, 0.29) is 5.57 Å². The van der Waals surface area contributed by atoms with Crippen LogP contribution >= 0.6 is 0 Å². The Bertz CT molecular complexity index is 817. The largest absolute Gasteiger partial charge is 0.545 e. The monoisotopic (exact) mass is 282 g/mol. The molecule has 7 nitrogen and oxygen atoms in total. The quantitative estimate of drug-likeness (QED) is 0.709. The summed E-state index contributed by atoms with van der Waals surface area (Å²) in [4.78, 5) is 22.2. The summed E-state index contributed by atoms with van der Waals surface area (Å²) in [6.07, 6.45) is 8.41. The minimum Gasteiger partial charge on any atom is -0.545 e. The van der Waals surface area contributed by atoms with Gasteiger partial charge in [0.15, 0.2) is 5.82 Å². The number of pyridine rings is 1. The fraction of sp³-hybridized carbons (Fsp3) is 0.143. The predicted molar refractivity (Wildman–Crippen MR) is 74.3 cm³/mol. The fourth-order valence-electron chi connectivity index (χ4n) is 2.10. The third kappa shape index (κ3) is 2.40. The van der Waals surface area contributed by atoms with Gasteiger partial charge >= 0.3 is 0 Å². The Labute approximate surface area is 120 Å². The molecular formula is C14H12N5O2-. The van der Waals surface area contributed by atoms with Crippen LogP contribution in [0.4, 0.5) is 0 Å². The van der Waals surface area contributed by atoms with Crippen LogP contribution in [0.2, 0.25) is 0 Å². The number of carbonyl (C=O) groups is 1. The van der Waals surface area contributed by atoms with Gasteiger partial charge in [-0.2, -0.15) is 5.10 Å². The maximum atomic E-state index is 11.0. The van der Waals surface area contributed by atoms with Gasteiger partial charge < -0.3 is 14.9 Å². The van der Waals surface area contributed by atoms with E-state index in [9.17, 15) is 9.90 Å². The van der Waals surface area contributed by atoms with Crippen molar-refractivity contribution >= 4 is 22.9 Å². The van der Waals surface area contributed by atoms with E-state index in [1.165, 1.54) is 6.33 Å². The molecule has 0 aliphatic heterocycles. The van der Waals surface area contributed by atoms with Gasteiger partial charge in [-0.15, -0.1) is 0 Å². The van der Waals surface area contributed by atoms with E-state index in [1.807, 2.05) is 6.07 Å². The zero-order valence-corrected chi connectivity index (χ0v) is 11.3. The number of aromatic amines is 1. The van der Waals surface area contributed by atoms with Gasteiger partial charge in [0.1, 0.15) is 12.7 Å². The molecule has 3 rings (SSSR count). The van der Waals surface area contributed by atoms with Gasteiger partial charge in [0.05, 0.1) is 17.7 Å². The van der Waals surface area contributed by atoms with Gasteiger partial charge in [-0.05, 0) is 24.1 Å². The zero-order valence-electron chi connectivity index (χ0n) is 11.3. The van der Waals surface area contributed by atoms with Gasteiger partial charge in [-0.3, -0.25) is 0 Å². The van der Waals surface area contributed by atoms with E-state index < -0.39 is 5.97 Å². The highest BCUT2D eigenvalue weighted by atomic mass is 16.4. The SMILES string of the molecule is CC/C(=C\c1c[nH]c2cnc(-n3cncn3)cc12)C(=O)[O-]. The van der Waals surface area contributed by atoms with Gasteiger partial charge in [0.25, 0.3) is 0 Å². The molecule has 106 valence electrons. The normalized spacial score (nSPS) is 12.0. The number of carboxylic acid groups (broad SMARTS) is 1. The Morgan fingerprint density at radius 3 is 3.05 bits per heavy atom. The fourth-order valence-corrected chi connectivity index (χ4v) is 2.10.